The lowest BCUT2D eigenvalue weighted by Gasteiger charge is -2.20. The van der Waals surface area contributed by atoms with Gasteiger partial charge in [-0.05, 0) is 36.1 Å². The fourth-order valence-corrected chi connectivity index (χ4v) is 2.69. The van der Waals surface area contributed by atoms with Gasteiger partial charge in [-0.15, -0.1) is 0 Å². The lowest BCUT2D eigenvalue weighted by molar-refractivity contribution is 0.455. The number of nitrogens with one attached hydrogen (secondary N) is 1. The second kappa shape index (κ2) is 6.53. The Bertz CT molecular complexity index is 548. The fraction of sp³-hybridized carbons (Fsp3) is 0.263. The second-order valence-electron chi connectivity index (χ2n) is 5.40. The molecule has 0 amide bonds. The summed E-state index contributed by atoms with van der Waals surface area (Å²) < 4.78 is 0. The maximum atomic E-state index is 3.54. The van der Waals surface area contributed by atoms with Crippen LogP contribution in [0.25, 0.3) is 17.2 Å². The van der Waals surface area contributed by atoms with Crippen LogP contribution in [0, 0.1) is 0 Å². The molecule has 0 saturated carbocycles. The van der Waals surface area contributed by atoms with Crippen molar-refractivity contribution < 1.29 is 0 Å². The highest BCUT2D eigenvalue weighted by molar-refractivity contribution is 5.65. The summed E-state index contributed by atoms with van der Waals surface area (Å²) in [5.41, 5.74) is 3.83. The standard InChI is InChI=1S/C19H21N/c1-2-6-17(7-3-1)18-12-9-16(10-13-18)11-14-19-8-4-5-15-20-19/h1-3,6-7,9-14,19-20H,4-5,8,15H2/b14-11+. The Labute approximate surface area is 121 Å². The topological polar surface area (TPSA) is 12.0 Å². The summed E-state index contributed by atoms with van der Waals surface area (Å²) in [5, 5.41) is 3.54. The van der Waals surface area contributed by atoms with Gasteiger partial charge in [-0.3, -0.25) is 0 Å². The zero-order valence-electron chi connectivity index (χ0n) is 11.8. The van der Waals surface area contributed by atoms with Gasteiger partial charge in [-0.2, -0.15) is 0 Å². The average molecular weight is 263 g/mol. The Hall–Kier alpha value is -1.86. The number of piperidine rings is 1. The van der Waals surface area contributed by atoms with E-state index in [9.17, 15) is 0 Å². The van der Waals surface area contributed by atoms with Crippen LogP contribution in [0.2, 0.25) is 0 Å². The molecule has 0 aliphatic carbocycles. The van der Waals surface area contributed by atoms with Crippen molar-refractivity contribution >= 4 is 6.08 Å². The van der Waals surface area contributed by atoms with Crippen LogP contribution >= 0.6 is 0 Å². The first-order valence-corrected chi connectivity index (χ1v) is 7.49. The van der Waals surface area contributed by atoms with Gasteiger partial charge in [0.15, 0.2) is 0 Å². The molecule has 2 aromatic carbocycles. The van der Waals surface area contributed by atoms with Crippen molar-refractivity contribution in [2.45, 2.75) is 25.3 Å². The van der Waals surface area contributed by atoms with Crippen LogP contribution in [0.3, 0.4) is 0 Å². The van der Waals surface area contributed by atoms with Gasteiger partial charge in [-0.25, -0.2) is 0 Å². The van der Waals surface area contributed by atoms with Crippen LogP contribution < -0.4 is 5.32 Å². The predicted octanol–water partition coefficient (Wildman–Crippen LogP) is 4.51. The minimum absolute atomic E-state index is 0.553. The van der Waals surface area contributed by atoms with Crippen molar-refractivity contribution in [2.24, 2.45) is 0 Å². The highest BCUT2D eigenvalue weighted by Crippen LogP contribution is 2.20. The summed E-state index contributed by atoms with van der Waals surface area (Å²) in [5.74, 6) is 0. The van der Waals surface area contributed by atoms with Crippen molar-refractivity contribution in [3.63, 3.8) is 0 Å². The molecule has 1 heterocycles. The van der Waals surface area contributed by atoms with Crippen molar-refractivity contribution in [3.05, 3.63) is 66.2 Å². The molecule has 2 aromatic rings. The van der Waals surface area contributed by atoms with E-state index in [1.165, 1.54) is 36.0 Å². The van der Waals surface area contributed by atoms with E-state index in [0.29, 0.717) is 6.04 Å². The van der Waals surface area contributed by atoms with Gasteiger partial charge in [0.05, 0.1) is 0 Å². The molecule has 1 nitrogen and oxygen atoms in total. The van der Waals surface area contributed by atoms with E-state index in [1.54, 1.807) is 0 Å². The first-order valence-electron chi connectivity index (χ1n) is 7.49. The summed E-state index contributed by atoms with van der Waals surface area (Å²) in [6, 6.07) is 19.9. The van der Waals surface area contributed by atoms with Gasteiger partial charge >= 0.3 is 0 Å². The predicted molar refractivity (Wildman–Crippen MR) is 86.6 cm³/mol. The van der Waals surface area contributed by atoms with Crippen LogP contribution in [0.15, 0.2) is 60.7 Å². The molecule has 1 N–H and O–H groups in total. The molecule has 0 radical (unpaired) electrons. The van der Waals surface area contributed by atoms with Crippen LogP contribution in [0.1, 0.15) is 24.8 Å². The third kappa shape index (κ3) is 3.37. The molecule has 20 heavy (non-hydrogen) atoms. The van der Waals surface area contributed by atoms with E-state index in [2.05, 4.69) is 72.1 Å². The first-order chi connectivity index (χ1) is 9.92. The van der Waals surface area contributed by atoms with E-state index in [4.69, 9.17) is 0 Å². The molecular weight excluding hydrogens is 242 g/mol. The highest BCUT2D eigenvalue weighted by atomic mass is 14.9. The zero-order valence-corrected chi connectivity index (χ0v) is 11.8. The Morgan fingerprint density at radius 3 is 2.30 bits per heavy atom. The van der Waals surface area contributed by atoms with Crippen LogP contribution in [0.5, 0.6) is 0 Å². The summed E-state index contributed by atoms with van der Waals surface area (Å²) in [4.78, 5) is 0. The summed E-state index contributed by atoms with van der Waals surface area (Å²) >= 11 is 0. The Balaban J connectivity index is 1.68. The summed E-state index contributed by atoms with van der Waals surface area (Å²) in [6.45, 7) is 1.15. The summed E-state index contributed by atoms with van der Waals surface area (Å²) in [6.07, 6.45) is 8.46. The molecule has 0 bridgehead atoms. The van der Waals surface area contributed by atoms with Crippen molar-refractivity contribution in [1.82, 2.24) is 5.32 Å². The third-order valence-electron chi connectivity index (χ3n) is 3.89. The maximum absolute atomic E-state index is 3.54. The van der Waals surface area contributed by atoms with Crippen molar-refractivity contribution in [3.8, 4) is 11.1 Å². The minimum Gasteiger partial charge on any atom is -0.311 e. The van der Waals surface area contributed by atoms with Gasteiger partial charge in [0.25, 0.3) is 0 Å². The molecule has 0 aromatic heterocycles. The number of hydrogen-bond donors (Lipinski definition) is 1. The Kier molecular flexibility index (Phi) is 4.29. The van der Waals surface area contributed by atoms with Crippen molar-refractivity contribution in [1.29, 1.82) is 0 Å². The molecule has 1 aliphatic rings. The molecule has 1 aliphatic heterocycles. The number of benzene rings is 2. The normalized spacial score (nSPS) is 19.3. The van der Waals surface area contributed by atoms with Crippen molar-refractivity contribution in [2.75, 3.05) is 6.54 Å². The van der Waals surface area contributed by atoms with E-state index in [1.807, 2.05) is 0 Å². The molecule has 1 unspecified atom stereocenters. The summed E-state index contributed by atoms with van der Waals surface area (Å²) in [7, 11) is 0. The van der Waals surface area contributed by atoms with Crippen LogP contribution in [-0.2, 0) is 0 Å². The number of hydrogen-bond acceptors (Lipinski definition) is 1. The van der Waals surface area contributed by atoms with Gasteiger partial charge in [0, 0.05) is 6.04 Å². The molecule has 1 saturated heterocycles. The molecule has 102 valence electrons. The molecule has 1 fully saturated rings. The molecular formula is C19H21N. The van der Waals surface area contributed by atoms with E-state index in [-0.39, 0.29) is 0 Å². The molecule has 1 heteroatoms. The lowest BCUT2D eigenvalue weighted by Crippen LogP contribution is -2.31. The van der Waals surface area contributed by atoms with E-state index in [0.717, 1.165) is 6.54 Å². The van der Waals surface area contributed by atoms with Gasteiger partial charge in [0.1, 0.15) is 0 Å². The van der Waals surface area contributed by atoms with Gasteiger partial charge in [0.2, 0.25) is 0 Å². The third-order valence-corrected chi connectivity index (χ3v) is 3.89. The van der Waals surface area contributed by atoms with Gasteiger partial charge in [-0.1, -0.05) is 73.2 Å². The van der Waals surface area contributed by atoms with E-state index >= 15 is 0 Å². The quantitative estimate of drug-likeness (QED) is 0.859. The minimum atomic E-state index is 0.553. The van der Waals surface area contributed by atoms with E-state index < -0.39 is 0 Å². The first kappa shape index (κ1) is 13.1. The molecule has 1 atom stereocenters. The molecule has 3 rings (SSSR count). The Morgan fingerprint density at radius 1 is 0.850 bits per heavy atom. The SMILES string of the molecule is C(=C\C1CCCCN1)/c1ccc(-c2ccccc2)cc1. The number of rotatable bonds is 3. The second-order valence-corrected chi connectivity index (χ2v) is 5.40. The molecule has 0 spiro atoms. The van der Waals surface area contributed by atoms with Crippen LogP contribution in [0.4, 0.5) is 0 Å². The lowest BCUT2D eigenvalue weighted by atomic mass is 10.0. The smallest absolute Gasteiger partial charge is 0.0253 e. The fourth-order valence-electron chi connectivity index (χ4n) is 2.69. The highest BCUT2D eigenvalue weighted by Gasteiger charge is 2.08. The van der Waals surface area contributed by atoms with Gasteiger partial charge < -0.3 is 5.32 Å². The maximum Gasteiger partial charge on any atom is 0.0253 e. The average Bonchev–Trinajstić information content (AvgIpc) is 2.55. The van der Waals surface area contributed by atoms with Crippen LogP contribution in [-0.4, -0.2) is 12.6 Å². The largest absolute Gasteiger partial charge is 0.311 e. The Morgan fingerprint density at radius 2 is 1.60 bits per heavy atom. The zero-order chi connectivity index (χ0) is 13.6. The monoisotopic (exact) mass is 263 g/mol.